The monoisotopic (exact) mass is 306 g/mol. The van der Waals surface area contributed by atoms with E-state index >= 15 is 0 Å². The summed E-state index contributed by atoms with van der Waals surface area (Å²) in [5.41, 5.74) is 6.50. The minimum absolute atomic E-state index is 0.417. The van der Waals surface area contributed by atoms with Gasteiger partial charge < -0.3 is 15.4 Å². The molecule has 0 heterocycles. The van der Waals surface area contributed by atoms with E-state index < -0.39 is 0 Å². The van der Waals surface area contributed by atoms with Crippen LogP contribution in [0.3, 0.4) is 0 Å². The molecule has 3 nitrogen and oxygen atoms in total. The number of benzene rings is 1. The fourth-order valence-corrected chi connectivity index (χ4v) is 2.60. The van der Waals surface area contributed by atoms with Crippen molar-refractivity contribution in [3.8, 4) is 5.75 Å². The molecular formula is C17H26N2OS. The van der Waals surface area contributed by atoms with Crippen LogP contribution < -0.4 is 10.5 Å². The van der Waals surface area contributed by atoms with E-state index in [2.05, 4.69) is 11.8 Å². The Morgan fingerprint density at radius 2 is 2.10 bits per heavy atom. The molecule has 0 aliphatic heterocycles. The van der Waals surface area contributed by atoms with E-state index in [1.807, 2.05) is 24.3 Å². The Bertz CT molecular complexity index is 460. The highest BCUT2D eigenvalue weighted by Crippen LogP contribution is 2.27. The lowest BCUT2D eigenvalue weighted by molar-refractivity contribution is 0.224. The van der Waals surface area contributed by atoms with E-state index in [0.29, 0.717) is 4.99 Å². The molecule has 1 aliphatic carbocycles. The average Bonchev–Trinajstić information content (AvgIpc) is 3.31. The van der Waals surface area contributed by atoms with Crippen LogP contribution in [0.15, 0.2) is 24.3 Å². The lowest BCUT2D eigenvalue weighted by atomic mass is 10.2. The summed E-state index contributed by atoms with van der Waals surface area (Å²) in [5.74, 6) is 0.854. The third-order valence-corrected chi connectivity index (χ3v) is 4.07. The van der Waals surface area contributed by atoms with Crippen molar-refractivity contribution in [2.24, 2.45) is 5.73 Å². The fraction of sp³-hybridized carbons (Fsp3) is 0.588. The molecular weight excluding hydrogens is 280 g/mol. The molecule has 21 heavy (non-hydrogen) atoms. The van der Waals surface area contributed by atoms with E-state index in [4.69, 9.17) is 22.7 Å². The molecule has 0 spiro atoms. The molecule has 1 saturated carbocycles. The molecule has 116 valence electrons. The molecule has 0 aromatic heterocycles. The molecule has 0 unspecified atom stereocenters. The van der Waals surface area contributed by atoms with Crippen LogP contribution in [0.1, 0.15) is 44.6 Å². The van der Waals surface area contributed by atoms with Gasteiger partial charge in [0.15, 0.2) is 0 Å². The number of nitrogens with two attached hydrogens (primary N) is 1. The van der Waals surface area contributed by atoms with Crippen LogP contribution in [0.25, 0.3) is 0 Å². The quantitative estimate of drug-likeness (QED) is 0.531. The second-order valence-corrected chi connectivity index (χ2v) is 6.15. The first-order valence-corrected chi connectivity index (χ1v) is 8.38. The Labute approximate surface area is 133 Å². The van der Waals surface area contributed by atoms with Gasteiger partial charge in [0.05, 0.1) is 6.61 Å². The van der Waals surface area contributed by atoms with Gasteiger partial charge in [0, 0.05) is 18.2 Å². The smallest absolute Gasteiger partial charge is 0.119 e. The van der Waals surface area contributed by atoms with Crippen molar-refractivity contribution in [3.63, 3.8) is 0 Å². The summed E-state index contributed by atoms with van der Waals surface area (Å²) in [6.07, 6.45) is 6.39. The predicted octanol–water partition coefficient (Wildman–Crippen LogP) is 3.35. The van der Waals surface area contributed by atoms with Crippen LogP contribution in [0, 0.1) is 0 Å². The topological polar surface area (TPSA) is 38.5 Å². The summed E-state index contributed by atoms with van der Waals surface area (Å²) >= 11 is 4.98. The van der Waals surface area contributed by atoms with Crippen LogP contribution in [-0.2, 0) is 0 Å². The second-order valence-electron chi connectivity index (χ2n) is 5.71. The van der Waals surface area contributed by atoms with Crippen molar-refractivity contribution < 1.29 is 4.74 Å². The fourth-order valence-electron chi connectivity index (χ4n) is 2.47. The molecule has 0 radical (unpaired) electrons. The second kappa shape index (κ2) is 8.35. The molecule has 0 saturated heterocycles. The maximum Gasteiger partial charge on any atom is 0.119 e. The third kappa shape index (κ3) is 5.64. The van der Waals surface area contributed by atoms with E-state index in [1.165, 1.54) is 32.2 Å². The van der Waals surface area contributed by atoms with Crippen LogP contribution >= 0.6 is 12.2 Å². The standard InChI is InChI=1S/C17H26N2OS/c1-2-3-10-19(15-8-9-15)11-5-12-20-16-7-4-6-14(13-16)17(18)21/h4,6-7,13,15H,2-3,5,8-12H2,1H3,(H2,18,21). The highest BCUT2D eigenvalue weighted by Gasteiger charge is 2.27. The third-order valence-electron chi connectivity index (χ3n) is 3.84. The summed E-state index contributed by atoms with van der Waals surface area (Å²) in [5, 5.41) is 0. The minimum atomic E-state index is 0.417. The van der Waals surface area contributed by atoms with Gasteiger partial charge in [0.2, 0.25) is 0 Å². The number of unbranched alkanes of at least 4 members (excludes halogenated alkanes) is 1. The minimum Gasteiger partial charge on any atom is -0.494 e. The van der Waals surface area contributed by atoms with Crippen LogP contribution in [0.5, 0.6) is 5.75 Å². The molecule has 1 aromatic rings. The van der Waals surface area contributed by atoms with Gasteiger partial charge in [-0.1, -0.05) is 37.7 Å². The zero-order chi connectivity index (χ0) is 15.1. The van der Waals surface area contributed by atoms with Gasteiger partial charge in [-0.25, -0.2) is 0 Å². The normalized spacial score (nSPS) is 14.4. The molecule has 2 rings (SSSR count). The van der Waals surface area contributed by atoms with E-state index in [-0.39, 0.29) is 0 Å². The Kier molecular flexibility index (Phi) is 6.46. The van der Waals surface area contributed by atoms with Crippen molar-refractivity contribution in [1.29, 1.82) is 0 Å². The van der Waals surface area contributed by atoms with E-state index in [1.54, 1.807) is 0 Å². The summed E-state index contributed by atoms with van der Waals surface area (Å²) in [6.45, 7) is 5.37. The molecule has 0 bridgehead atoms. The van der Waals surface area contributed by atoms with Gasteiger partial charge in [-0.2, -0.15) is 0 Å². The Balaban J connectivity index is 1.71. The number of hydrogen-bond donors (Lipinski definition) is 1. The first kappa shape index (κ1) is 16.2. The first-order chi connectivity index (χ1) is 10.2. The van der Waals surface area contributed by atoms with Crippen molar-refractivity contribution in [2.75, 3.05) is 19.7 Å². The summed E-state index contributed by atoms with van der Waals surface area (Å²) in [4.78, 5) is 3.04. The van der Waals surface area contributed by atoms with Gasteiger partial charge in [0.1, 0.15) is 10.7 Å². The lowest BCUT2D eigenvalue weighted by Crippen LogP contribution is -2.29. The molecule has 4 heteroatoms. The molecule has 0 atom stereocenters. The average molecular weight is 306 g/mol. The lowest BCUT2D eigenvalue weighted by Gasteiger charge is -2.21. The highest BCUT2D eigenvalue weighted by molar-refractivity contribution is 7.80. The maximum atomic E-state index is 5.81. The SMILES string of the molecule is CCCCN(CCCOc1cccc(C(N)=S)c1)C1CC1. The number of ether oxygens (including phenoxy) is 1. The predicted molar refractivity (Wildman–Crippen MR) is 91.9 cm³/mol. The Hall–Kier alpha value is -1.13. The molecule has 1 aliphatic rings. The van der Waals surface area contributed by atoms with Crippen molar-refractivity contribution in [2.45, 2.75) is 45.1 Å². The van der Waals surface area contributed by atoms with Gasteiger partial charge in [-0.15, -0.1) is 0 Å². The zero-order valence-corrected chi connectivity index (χ0v) is 13.7. The summed E-state index contributed by atoms with van der Waals surface area (Å²) < 4.78 is 5.81. The number of hydrogen-bond acceptors (Lipinski definition) is 3. The van der Waals surface area contributed by atoms with Crippen LogP contribution in [0.4, 0.5) is 0 Å². The van der Waals surface area contributed by atoms with Gasteiger partial charge in [-0.05, 0) is 44.4 Å². The number of nitrogens with zero attached hydrogens (tertiary/aromatic N) is 1. The van der Waals surface area contributed by atoms with Gasteiger partial charge in [0.25, 0.3) is 0 Å². The molecule has 0 amide bonds. The molecule has 1 aromatic carbocycles. The van der Waals surface area contributed by atoms with Crippen LogP contribution in [-0.4, -0.2) is 35.6 Å². The van der Waals surface area contributed by atoms with Gasteiger partial charge in [-0.3, -0.25) is 0 Å². The number of rotatable bonds is 10. The van der Waals surface area contributed by atoms with E-state index in [9.17, 15) is 0 Å². The van der Waals surface area contributed by atoms with Crippen molar-refractivity contribution in [1.82, 2.24) is 4.90 Å². The molecule has 2 N–H and O–H groups in total. The Morgan fingerprint density at radius 1 is 1.33 bits per heavy atom. The summed E-state index contributed by atoms with van der Waals surface area (Å²) in [6, 6.07) is 8.56. The zero-order valence-electron chi connectivity index (χ0n) is 12.9. The van der Waals surface area contributed by atoms with E-state index in [0.717, 1.165) is 36.9 Å². The van der Waals surface area contributed by atoms with Crippen molar-refractivity contribution >= 4 is 17.2 Å². The number of thiocarbonyl (C=S) groups is 1. The Morgan fingerprint density at radius 3 is 2.76 bits per heavy atom. The highest BCUT2D eigenvalue weighted by atomic mass is 32.1. The summed E-state index contributed by atoms with van der Waals surface area (Å²) in [7, 11) is 0. The van der Waals surface area contributed by atoms with Gasteiger partial charge >= 0.3 is 0 Å². The van der Waals surface area contributed by atoms with Crippen molar-refractivity contribution in [3.05, 3.63) is 29.8 Å². The van der Waals surface area contributed by atoms with Crippen LogP contribution in [0.2, 0.25) is 0 Å². The first-order valence-electron chi connectivity index (χ1n) is 7.97. The largest absolute Gasteiger partial charge is 0.494 e. The maximum absolute atomic E-state index is 5.81. The molecule has 1 fully saturated rings.